The number of aliphatic carboxylic acids is 1. The van der Waals surface area contributed by atoms with E-state index in [9.17, 15) is 9.59 Å². The number of rotatable bonds is 9. The lowest BCUT2D eigenvalue weighted by atomic mass is 10.2. The van der Waals surface area contributed by atoms with E-state index >= 15 is 0 Å². The van der Waals surface area contributed by atoms with Gasteiger partial charge in [0, 0.05) is 36.4 Å². The van der Waals surface area contributed by atoms with Crippen molar-refractivity contribution >= 4 is 23.5 Å². The molecule has 1 amide bonds. The lowest BCUT2D eigenvalue weighted by Crippen LogP contribution is -2.25. The molecule has 2 aromatic rings. The fourth-order valence-corrected chi connectivity index (χ4v) is 2.25. The van der Waals surface area contributed by atoms with Gasteiger partial charge in [0.25, 0.3) is 0 Å². The summed E-state index contributed by atoms with van der Waals surface area (Å²) in [5, 5.41) is 15.7. The Morgan fingerprint density at radius 2 is 2.04 bits per heavy atom. The van der Waals surface area contributed by atoms with Crippen LogP contribution >= 0.6 is 11.6 Å². The number of carboxylic acids is 1. The Balaban J connectivity index is 1.71. The highest BCUT2D eigenvalue weighted by molar-refractivity contribution is 6.30. The zero-order valence-electron chi connectivity index (χ0n) is 13.0. The number of benzene rings is 1. The monoisotopic (exact) mass is 351 g/mol. The van der Waals surface area contributed by atoms with Gasteiger partial charge in [-0.1, -0.05) is 28.9 Å². The smallest absolute Gasteiger partial charge is 0.303 e. The molecule has 7 nitrogen and oxygen atoms in total. The summed E-state index contributed by atoms with van der Waals surface area (Å²) in [6, 6.07) is 7.14. The molecule has 0 aliphatic carbocycles. The maximum atomic E-state index is 11.6. The summed E-state index contributed by atoms with van der Waals surface area (Å²) >= 11 is 5.92. The largest absolute Gasteiger partial charge is 0.481 e. The van der Waals surface area contributed by atoms with Crippen LogP contribution in [0, 0.1) is 0 Å². The van der Waals surface area contributed by atoms with Crippen molar-refractivity contribution in [2.24, 2.45) is 0 Å². The predicted molar refractivity (Wildman–Crippen MR) is 87.6 cm³/mol. The van der Waals surface area contributed by atoms with Gasteiger partial charge in [-0.3, -0.25) is 9.59 Å². The highest BCUT2D eigenvalue weighted by atomic mass is 35.5. The van der Waals surface area contributed by atoms with Gasteiger partial charge in [0.15, 0.2) is 0 Å². The van der Waals surface area contributed by atoms with Crippen molar-refractivity contribution in [2.45, 2.75) is 32.1 Å². The van der Waals surface area contributed by atoms with Crippen LogP contribution in [0.1, 0.15) is 31.6 Å². The number of carboxylic acid groups (broad SMARTS) is 1. The van der Waals surface area contributed by atoms with Crippen molar-refractivity contribution in [1.29, 1.82) is 0 Å². The van der Waals surface area contributed by atoms with Gasteiger partial charge >= 0.3 is 5.97 Å². The van der Waals surface area contributed by atoms with Gasteiger partial charge in [-0.05, 0) is 25.0 Å². The number of nitrogens with one attached hydrogen (secondary N) is 1. The second-order valence-corrected chi connectivity index (χ2v) is 5.66. The summed E-state index contributed by atoms with van der Waals surface area (Å²) in [7, 11) is 0. The SMILES string of the molecule is O=C(O)CCCCC(=O)NCCc1nc(-c2cccc(Cl)c2)no1. The Morgan fingerprint density at radius 3 is 2.79 bits per heavy atom. The summed E-state index contributed by atoms with van der Waals surface area (Å²) in [5.41, 5.74) is 0.764. The minimum Gasteiger partial charge on any atom is -0.481 e. The first-order chi connectivity index (χ1) is 11.5. The van der Waals surface area contributed by atoms with Crippen LogP contribution in [0.4, 0.5) is 0 Å². The molecule has 0 saturated heterocycles. The fraction of sp³-hybridized carbons (Fsp3) is 0.375. The van der Waals surface area contributed by atoms with Crippen LogP contribution in [-0.4, -0.2) is 33.7 Å². The average Bonchev–Trinajstić information content (AvgIpc) is 3.00. The molecule has 1 heterocycles. The number of nitrogens with zero attached hydrogens (tertiary/aromatic N) is 2. The third-order valence-electron chi connectivity index (χ3n) is 3.26. The molecular weight excluding hydrogens is 334 g/mol. The molecular formula is C16H18ClN3O4. The van der Waals surface area contributed by atoms with Gasteiger partial charge in [-0.25, -0.2) is 0 Å². The Hall–Kier alpha value is -2.41. The predicted octanol–water partition coefficient (Wildman–Crippen LogP) is 2.69. The molecule has 1 aromatic heterocycles. The normalized spacial score (nSPS) is 10.5. The van der Waals surface area contributed by atoms with Crippen LogP contribution in [0.5, 0.6) is 0 Å². The van der Waals surface area contributed by atoms with Crippen LogP contribution in [0.25, 0.3) is 11.4 Å². The standard InChI is InChI=1S/C16H18ClN3O4/c17-12-5-3-4-11(10-12)16-19-14(24-20-16)8-9-18-13(21)6-1-2-7-15(22)23/h3-5,10H,1-2,6-9H2,(H,18,21)(H,22,23). The molecule has 0 unspecified atom stereocenters. The lowest BCUT2D eigenvalue weighted by Gasteiger charge is -2.02. The van der Waals surface area contributed by atoms with Gasteiger partial charge in [0.1, 0.15) is 0 Å². The number of halogens is 1. The molecule has 0 aliphatic rings. The van der Waals surface area contributed by atoms with E-state index in [0.29, 0.717) is 49.0 Å². The first kappa shape index (κ1) is 17.9. The average molecular weight is 352 g/mol. The van der Waals surface area contributed by atoms with Crippen molar-refractivity contribution in [2.75, 3.05) is 6.54 Å². The molecule has 128 valence electrons. The van der Waals surface area contributed by atoms with Crippen molar-refractivity contribution in [3.8, 4) is 11.4 Å². The first-order valence-electron chi connectivity index (χ1n) is 7.61. The second-order valence-electron chi connectivity index (χ2n) is 5.22. The van der Waals surface area contributed by atoms with Gasteiger partial charge in [0.2, 0.25) is 17.6 Å². The lowest BCUT2D eigenvalue weighted by molar-refractivity contribution is -0.137. The summed E-state index contributed by atoms with van der Waals surface area (Å²) in [4.78, 5) is 26.2. The Labute approximate surface area is 144 Å². The van der Waals surface area contributed by atoms with E-state index in [2.05, 4.69) is 15.5 Å². The molecule has 24 heavy (non-hydrogen) atoms. The summed E-state index contributed by atoms with van der Waals surface area (Å²) in [6.45, 7) is 0.384. The molecule has 2 N–H and O–H groups in total. The van der Waals surface area contributed by atoms with Gasteiger partial charge < -0.3 is 14.9 Å². The van der Waals surface area contributed by atoms with Crippen LogP contribution in [-0.2, 0) is 16.0 Å². The van der Waals surface area contributed by atoms with E-state index in [0.717, 1.165) is 5.56 Å². The van der Waals surface area contributed by atoms with Gasteiger partial charge in [-0.2, -0.15) is 4.98 Å². The first-order valence-corrected chi connectivity index (χ1v) is 7.99. The van der Waals surface area contributed by atoms with Crippen LogP contribution in [0.2, 0.25) is 5.02 Å². The van der Waals surface area contributed by atoms with Crippen molar-refractivity contribution < 1.29 is 19.2 Å². The number of carbonyl (C=O) groups is 2. The molecule has 0 saturated carbocycles. The summed E-state index contributed by atoms with van der Waals surface area (Å²) in [6.07, 6.45) is 1.87. The van der Waals surface area contributed by atoms with E-state index in [1.54, 1.807) is 18.2 Å². The molecule has 0 radical (unpaired) electrons. The third-order valence-corrected chi connectivity index (χ3v) is 3.49. The highest BCUT2D eigenvalue weighted by Crippen LogP contribution is 2.19. The van der Waals surface area contributed by atoms with Crippen molar-refractivity contribution in [3.05, 3.63) is 35.2 Å². The van der Waals surface area contributed by atoms with E-state index in [1.165, 1.54) is 0 Å². The maximum Gasteiger partial charge on any atom is 0.303 e. The minimum atomic E-state index is -0.845. The number of unbranched alkanes of at least 4 members (excludes halogenated alkanes) is 1. The molecule has 1 aromatic carbocycles. The van der Waals surface area contributed by atoms with Gasteiger partial charge in [0.05, 0.1) is 0 Å². The summed E-state index contributed by atoms with van der Waals surface area (Å²) < 4.78 is 5.14. The Bertz CT molecular complexity index is 702. The van der Waals surface area contributed by atoms with Gasteiger partial charge in [-0.15, -0.1) is 0 Å². The van der Waals surface area contributed by atoms with E-state index in [4.69, 9.17) is 21.2 Å². The fourth-order valence-electron chi connectivity index (χ4n) is 2.06. The van der Waals surface area contributed by atoms with Crippen molar-refractivity contribution in [1.82, 2.24) is 15.5 Å². The Kier molecular flexibility index (Phi) is 6.74. The zero-order chi connectivity index (χ0) is 17.4. The molecule has 0 bridgehead atoms. The number of amides is 1. The van der Waals surface area contributed by atoms with E-state index in [-0.39, 0.29) is 12.3 Å². The number of hydrogen-bond acceptors (Lipinski definition) is 5. The molecule has 2 rings (SSSR count). The molecule has 0 aliphatic heterocycles. The van der Waals surface area contributed by atoms with Crippen molar-refractivity contribution in [3.63, 3.8) is 0 Å². The number of aromatic nitrogens is 2. The molecule has 0 fully saturated rings. The Morgan fingerprint density at radius 1 is 1.25 bits per heavy atom. The number of hydrogen-bond donors (Lipinski definition) is 2. The van der Waals surface area contributed by atoms with E-state index in [1.807, 2.05) is 6.07 Å². The highest BCUT2D eigenvalue weighted by Gasteiger charge is 2.09. The quantitative estimate of drug-likeness (QED) is 0.673. The van der Waals surface area contributed by atoms with Crippen LogP contribution in [0.3, 0.4) is 0 Å². The third kappa shape index (κ3) is 6.00. The molecule has 0 spiro atoms. The molecule has 0 atom stereocenters. The maximum absolute atomic E-state index is 11.6. The topological polar surface area (TPSA) is 105 Å². The van der Waals surface area contributed by atoms with E-state index < -0.39 is 5.97 Å². The number of carbonyl (C=O) groups excluding carboxylic acids is 1. The summed E-state index contributed by atoms with van der Waals surface area (Å²) in [5.74, 6) is -0.0825. The zero-order valence-corrected chi connectivity index (χ0v) is 13.8. The second kappa shape index (κ2) is 9.02. The minimum absolute atomic E-state index is 0.0849. The molecule has 8 heteroatoms. The van der Waals surface area contributed by atoms with Crippen LogP contribution < -0.4 is 5.32 Å². The van der Waals surface area contributed by atoms with Crippen LogP contribution in [0.15, 0.2) is 28.8 Å².